The van der Waals surface area contributed by atoms with E-state index < -0.39 is 0 Å². The van der Waals surface area contributed by atoms with Gasteiger partial charge in [-0.05, 0) is 0 Å². The molecule has 0 bridgehead atoms. The van der Waals surface area contributed by atoms with Crippen molar-refractivity contribution in [2.75, 3.05) is 5.73 Å². The van der Waals surface area contributed by atoms with Gasteiger partial charge in [0.1, 0.15) is 5.82 Å². The van der Waals surface area contributed by atoms with Crippen LogP contribution in [0.25, 0.3) is 0 Å². The molecule has 1 aromatic carbocycles. The minimum absolute atomic E-state index is 0.0961. The number of hydrogen-bond donors (Lipinski definition) is 1. The fourth-order valence-corrected chi connectivity index (χ4v) is 1.37. The molecule has 0 aliphatic heterocycles. The lowest BCUT2D eigenvalue weighted by atomic mass is 10.1. The van der Waals surface area contributed by atoms with E-state index >= 15 is 0 Å². The monoisotopic (exact) mass is 201 g/mol. The van der Waals surface area contributed by atoms with Crippen LogP contribution in [0.1, 0.15) is 15.9 Å². The molecule has 2 rings (SSSR count). The van der Waals surface area contributed by atoms with Gasteiger partial charge in [0.05, 0.1) is 11.8 Å². The van der Waals surface area contributed by atoms with E-state index in [1.54, 1.807) is 19.2 Å². The minimum Gasteiger partial charge on any atom is -0.383 e. The second-order valence-electron chi connectivity index (χ2n) is 3.26. The molecule has 15 heavy (non-hydrogen) atoms. The summed E-state index contributed by atoms with van der Waals surface area (Å²) >= 11 is 0. The summed E-state index contributed by atoms with van der Waals surface area (Å²) in [4.78, 5) is 11.9. The Kier molecular flexibility index (Phi) is 2.25. The van der Waals surface area contributed by atoms with Crippen molar-refractivity contribution < 1.29 is 4.79 Å². The molecule has 0 aliphatic carbocycles. The Hall–Kier alpha value is -2.10. The van der Waals surface area contributed by atoms with Gasteiger partial charge in [-0.15, -0.1) is 0 Å². The number of nitrogens with zero attached hydrogens (tertiary/aromatic N) is 2. The molecule has 4 heteroatoms. The average molecular weight is 201 g/mol. The van der Waals surface area contributed by atoms with E-state index in [4.69, 9.17) is 5.73 Å². The lowest BCUT2D eigenvalue weighted by molar-refractivity contribution is 0.103. The standard InChI is InChI=1S/C11H11N3O/c1-14-11(12)9(7-13-14)10(15)8-5-3-2-4-6-8/h2-7H,12H2,1H3. The molecule has 76 valence electrons. The number of rotatable bonds is 2. The van der Waals surface area contributed by atoms with Crippen LogP contribution in [-0.4, -0.2) is 15.6 Å². The van der Waals surface area contributed by atoms with Crippen LogP contribution in [0, 0.1) is 0 Å². The first-order valence-corrected chi connectivity index (χ1v) is 4.57. The maximum Gasteiger partial charge on any atom is 0.198 e. The van der Waals surface area contributed by atoms with Crippen LogP contribution in [0.15, 0.2) is 36.5 Å². The highest BCUT2D eigenvalue weighted by atomic mass is 16.1. The molecule has 0 fully saturated rings. The minimum atomic E-state index is -0.0961. The lowest BCUT2D eigenvalue weighted by Gasteiger charge is -1.99. The van der Waals surface area contributed by atoms with Gasteiger partial charge in [-0.2, -0.15) is 5.10 Å². The maximum absolute atomic E-state index is 11.9. The third-order valence-electron chi connectivity index (χ3n) is 2.27. The van der Waals surface area contributed by atoms with Crippen LogP contribution in [0.5, 0.6) is 0 Å². The second-order valence-corrected chi connectivity index (χ2v) is 3.26. The molecule has 0 saturated heterocycles. The highest BCUT2D eigenvalue weighted by Gasteiger charge is 2.14. The number of benzene rings is 1. The van der Waals surface area contributed by atoms with Crippen molar-refractivity contribution in [2.45, 2.75) is 0 Å². The largest absolute Gasteiger partial charge is 0.383 e. The molecular weight excluding hydrogens is 190 g/mol. The molecule has 0 unspecified atom stereocenters. The molecule has 0 aliphatic rings. The first-order chi connectivity index (χ1) is 7.20. The SMILES string of the molecule is Cn1ncc(C(=O)c2ccccc2)c1N. The van der Waals surface area contributed by atoms with Crippen molar-refractivity contribution in [1.29, 1.82) is 0 Å². The zero-order valence-corrected chi connectivity index (χ0v) is 8.34. The van der Waals surface area contributed by atoms with E-state index in [0.29, 0.717) is 16.9 Å². The molecular formula is C11H11N3O. The molecule has 0 radical (unpaired) electrons. The number of nitrogens with two attached hydrogens (primary N) is 1. The zero-order valence-electron chi connectivity index (χ0n) is 8.34. The molecule has 1 aromatic heterocycles. The van der Waals surface area contributed by atoms with Crippen molar-refractivity contribution >= 4 is 11.6 Å². The molecule has 4 nitrogen and oxygen atoms in total. The van der Waals surface area contributed by atoms with Crippen molar-refractivity contribution in [3.63, 3.8) is 0 Å². The van der Waals surface area contributed by atoms with Crippen LogP contribution in [0.4, 0.5) is 5.82 Å². The number of ketones is 1. The van der Waals surface area contributed by atoms with Gasteiger partial charge >= 0.3 is 0 Å². The molecule has 2 N–H and O–H groups in total. The Labute approximate surface area is 87.3 Å². The molecule has 1 heterocycles. The van der Waals surface area contributed by atoms with Crippen LogP contribution < -0.4 is 5.73 Å². The lowest BCUT2D eigenvalue weighted by Crippen LogP contribution is -2.05. The second kappa shape index (κ2) is 3.57. The Bertz CT molecular complexity index is 488. The summed E-state index contributed by atoms with van der Waals surface area (Å²) in [5, 5.41) is 3.93. The van der Waals surface area contributed by atoms with Crippen LogP contribution in [0.2, 0.25) is 0 Å². The summed E-state index contributed by atoms with van der Waals surface area (Å²) in [5.41, 5.74) is 6.79. The van der Waals surface area contributed by atoms with Crippen molar-refractivity contribution in [3.05, 3.63) is 47.7 Å². The highest BCUT2D eigenvalue weighted by molar-refractivity contribution is 6.11. The van der Waals surface area contributed by atoms with Gasteiger partial charge in [-0.25, -0.2) is 0 Å². The number of nitrogen functional groups attached to an aromatic ring is 1. The summed E-state index contributed by atoms with van der Waals surface area (Å²) in [6.45, 7) is 0. The van der Waals surface area contributed by atoms with E-state index in [9.17, 15) is 4.79 Å². The van der Waals surface area contributed by atoms with Crippen LogP contribution in [-0.2, 0) is 7.05 Å². The Balaban J connectivity index is 2.42. The van der Waals surface area contributed by atoms with Gasteiger partial charge in [-0.3, -0.25) is 9.48 Å². The first-order valence-electron chi connectivity index (χ1n) is 4.57. The number of hydrogen-bond acceptors (Lipinski definition) is 3. The number of aromatic nitrogens is 2. The summed E-state index contributed by atoms with van der Waals surface area (Å²) < 4.78 is 1.48. The third kappa shape index (κ3) is 1.61. The van der Waals surface area contributed by atoms with Crippen molar-refractivity contribution in [3.8, 4) is 0 Å². The number of carbonyl (C=O) groups is 1. The smallest absolute Gasteiger partial charge is 0.198 e. The Morgan fingerprint density at radius 2 is 2.00 bits per heavy atom. The predicted molar refractivity (Wildman–Crippen MR) is 57.5 cm³/mol. The van der Waals surface area contributed by atoms with Gasteiger partial charge in [0, 0.05) is 12.6 Å². The summed E-state index contributed by atoms with van der Waals surface area (Å²) in [6.07, 6.45) is 1.49. The van der Waals surface area contributed by atoms with E-state index in [-0.39, 0.29) is 5.78 Å². The maximum atomic E-state index is 11.9. The molecule has 0 amide bonds. The van der Waals surface area contributed by atoms with Crippen LogP contribution >= 0.6 is 0 Å². The number of aryl methyl sites for hydroxylation is 1. The fourth-order valence-electron chi connectivity index (χ4n) is 1.37. The van der Waals surface area contributed by atoms with Gasteiger partial charge in [0.15, 0.2) is 5.78 Å². The molecule has 0 spiro atoms. The average Bonchev–Trinajstić information content (AvgIpc) is 2.60. The summed E-state index contributed by atoms with van der Waals surface area (Å²) in [7, 11) is 1.71. The molecule has 0 atom stereocenters. The molecule has 0 saturated carbocycles. The summed E-state index contributed by atoms with van der Waals surface area (Å²) in [6, 6.07) is 9.02. The Morgan fingerprint density at radius 1 is 1.33 bits per heavy atom. The van der Waals surface area contributed by atoms with E-state index in [1.165, 1.54) is 10.9 Å². The zero-order chi connectivity index (χ0) is 10.8. The van der Waals surface area contributed by atoms with Crippen molar-refractivity contribution in [1.82, 2.24) is 9.78 Å². The van der Waals surface area contributed by atoms with Gasteiger partial charge in [0.25, 0.3) is 0 Å². The van der Waals surface area contributed by atoms with E-state index in [1.807, 2.05) is 18.2 Å². The third-order valence-corrected chi connectivity index (χ3v) is 2.27. The first kappa shape index (κ1) is 9.45. The van der Waals surface area contributed by atoms with Gasteiger partial charge in [0.2, 0.25) is 0 Å². The molecule has 2 aromatic rings. The number of anilines is 1. The normalized spacial score (nSPS) is 10.2. The predicted octanol–water partition coefficient (Wildman–Crippen LogP) is 1.23. The topological polar surface area (TPSA) is 60.9 Å². The Morgan fingerprint density at radius 3 is 2.53 bits per heavy atom. The van der Waals surface area contributed by atoms with Gasteiger partial charge in [-0.1, -0.05) is 30.3 Å². The van der Waals surface area contributed by atoms with Gasteiger partial charge < -0.3 is 5.73 Å². The van der Waals surface area contributed by atoms with Crippen molar-refractivity contribution in [2.24, 2.45) is 7.05 Å². The number of carbonyl (C=O) groups excluding carboxylic acids is 1. The quantitative estimate of drug-likeness (QED) is 0.743. The van der Waals surface area contributed by atoms with Crippen LogP contribution in [0.3, 0.4) is 0 Å². The summed E-state index contributed by atoms with van der Waals surface area (Å²) in [5.74, 6) is 0.296. The van der Waals surface area contributed by atoms with E-state index in [2.05, 4.69) is 5.10 Å². The fraction of sp³-hybridized carbons (Fsp3) is 0.0909. The highest BCUT2D eigenvalue weighted by Crippen LogP contribution is 2.14. The van der Waals surface area contributed by atoms with E-state index in [0.717, 1.165) is 0 Å².